The molecule has 2 aromatic carbocycles. The van der Waals surface area contributed by atoms with Crippen molar-refractivity contribution in [2.24, 2.45) is 11.7 Å². The Bertz CT molecular complexity index is 1840. The Labute approximate surface area is 295 Å². The zero-order valence-corrected chi connectivity index (χ0v) is 30.4. The predicted molar refractivity (Wildman–Crippen MR) is 188 cm³/mol. The van der Waals surface area contributed by atoms with Crippen molar-refractivity contribution in [3.05, 3.63) is 84.2 Å². The first-order chi connectivity index (χ1) is 23.6. The molecule has 0 bridgehead atoms. The summed E-state index contributed by atoms with van der Waals surface area (Å²) in [5.74, 6) is -0.273. The number of primary amides is 1. The lowest BCUT2D eigenvalue weighted by atomic mass is 9.78. The standard InChI is InChI=1S/C35H47N5O8S2/c1-27(2)24-40(49(43,44)30-12-13-31-32(21-30)48-26-47-31)16-14-35(42,22-28-9-5-4-6-10-28)34(3,23-33(36)41)50(45,46)39-19-17-38(18-20-39)25-29-11-7-8-15-37-29/h4-13,15,21,27,42H,14,16-20,22-26H2,1-3H3,(H2,36,41)/t34?,35-/m0/s1. The van der Waals surface area contributed by atoms with Gasteiger partial charge < -0.3 is 20.3 Å². The molecular weight excluding hydrogens is 683 g/mol. The van der Waals surface area contributed by atoms with Crippen molar-refractivity contribution < 1.29 is 36.2 Å². The molecule has 13 nitrogen and oxygen atoms in total. The molecule has 0 radical (unpaired) electrons. The van der Waals surface area contributed by atoms with E-state index in [9.17, 15) is 26.7 Å². The molecule has 5 rings (SSSR count). The highest BCUT2D eigenvalue weighted by atomic mass is 32.2. The Kier molecular flexibility index (Phi) is 11.5. The van der Waals surface area contributed by atoms with Crippen LogP contribution in [0.4, 0.5) is 0 Å². The topological polar surface area (TPSA) is 173 Å². The van der Waals surface area contributed by atoms with Crippen molar-refractivity contribution >= 4 is 26.0 Å². The van der Waals surface area contributed by atoms with E-state index >= 15 is 0 Å². The SMILES string of the molecule is CC(C)CN(CC[C@](O)(Cc1ccccc1)C(C)(CC(N)=O)S(=O)(=O)N1CCN(Cc2ccccn2)CC1)S(=O)(=O)c1ccc2c(c1)OCO2. The van der Waals surface area contributed by atoms with Gasteiger partial charge in [-0.1, -0.05) is 50.2 Å². The molecule has 1 unspecified atom stereocenters. The van der Waals surface area contributed by atoms with E-state index in [4.69, 9.17) is 15.2 Å². The smallest absolute Gasteiger partial charge is 0.243 e. The monoisotopic (exact) mass is 729 g/mol. The molecular formula is C35H47N5O8S2. The third-order valence-corrected chi connectivity index (χ3v) is 14.1. The van der Waals surface area contributed by atoms with E-state index in [1.807, 2.05) is 32.0 Å². The van der Waals surface area contributed by atoms with E-state index in [0.29, 0.717) is 36.7 Å². The Morgan fingerprint density at radius 3 is 2.30 bits per heavy atom. The Morgan fingerprint density at radius 1 is 0.980 bits per heavy atom. The number of amides is 1. The highest BCUT2D eigenvalue weighted by Crippen LogP contribution is 2.42. The van der Waals surface area contributed by atoms with Crippen LogP contribution in [0.5, 0.6) is 11.5 Å². The van der Waals surface area contributed by atoms with Crippen LogP contribution in [0.1, 0.15) is 44.9 Å². The minimum absolute atomic E-state index is 0.0206. The van der Waals surface area contributed by atoms with Crippen LogP contribution in [-0.2, 0) is 37.8 Å². The van der Waals surface area contributed by atoms with Gasteiger partial charge in [0.25, 0.3) is 0 Å². The van der Waals surface area contributed by atoms with E-state index < -0.39 is 42.7 Å². The van der Waals surface area contributed by atoms with Crippen molar-refractivity contribution in [2.45, 2.75) is 61.8 Å². The minimum atomic E-state index is -4.42. The number of piperazine rings is 1. The highest BCUT2D eigenvalue weighted by Gasteiger charge is 2.58. The Balaban J connectivity index is 1.47. The molecule has 2 aliphatic heterocycles. The van der Waals surface area contributed by atoms with Gasteiger partial charge in [-0.2, -0.15) is 8.61 Å². The average Bonchev–Trinajstić information content (AvgIpc) is 3.55. The first kappa shape index (κ1) is 37.7. The van der Waals surface area contributed by atoms with E-state index in [1.165, 1.54) is 33.7 Å². The lowest BCUT2D eigenvalue weighted by Crippen LogP contribution is -2.65. The number of hydrogen-bond acceptors (Lipinski definition) is 10. The van der Waals surface area contributed by atoms with Crippen LogP contribution < -0.4 is 15.2 Å². The molecule has 0 aliphatic carbocycles. The summed E-state index contributed by atoms with van der Waals surface area (Å²) in [6.45, 7) is 6.56. The number of hydrogen-bond donors (Lipinski definition) is 2. The third kappa shape index (κ3) is 8.13. The molecule has 1 fully saturated rings. The molecule has 1 aromatic heterocycles. The zero-order chi connectivity index (χ0) is 36.2. The third-order valence-electron chi connectivity index (χ3n) is 9.51. The molecule has 1 amide bonds. The maximum atomic E-state index is 14.8. The van der Waals surface area contributed by atoms with Crippen molar-refractivity contribution in [1.29, 1.82) is 0 Å². The quantitative estimate of drug-likeness (QED) is 0.223. The molecule has 0 saturated carbocycles. The first-order valence-corrected chi connectivity index (χ1v) is 19.6. The summed E-state index contributed by atoms with van der Waals surface area (Å²) in [7, 11) is -8.56. The largest absolute Gasteiger partial charge is 0.454 e. The Hall–Kier alpha value is -3.60. The fourth-order valence-corrected chi connectivity index (χ4v) is 10.5. The molecule has 2 atom stereocenters. The van der Waals surface area contributed by atoms with Crippen LogP contribution in [0.3, 0.4) is 0 Å². The number of benzene rings is 2. The lowest BCUT2D eigenvalue weighted by molar-refractivity contribution is -0.121. The number of sulfonamides is 2. The molecule has 3 N–H and O–H groups in total. The van der Waals surface area contributed by atoms with Gasteiger partial charge in [-0.3, -0.25) is 14.7 Å². The van der Waals surface area contributed by atoms with Crippen molar-refractivity contribution in [3.63, 3.8) is 0 Å². The van der Waals surface area contributed by atoms with Gasteiger partial charge in [0.15, 0.2) is 11.5 Å². The first-order valence-electron chi connectivity index (χ1n) is 16.7. The second-order valence-electron chi connectivity index (χ2n) is 13.6. The number of nitrogens with zero attached hydrogens (tertiary/aromatic N) is 4. The van der Waals surface area contributed by atoms with Crippen LogP contribution in [0.25, 0.3) is 0 Å². The maximum absolute atomic E-state index is 14.8. The maximum Gasteiger partial charge on any atom is 0.243 e. The van der Waals surface area contributed by atoms with E-state index in [-0.39, 0.29) is 56.6 Å². The number of pyridine rings is 1. The van der Waals surface area contributed by atoms with Gasteiger partial charge in [-0.25, -0.2) is 16.8 Å². The van der Waals surface area contributed by atoms with Crippen LogP contribution in [0.15, 0.2) is 77.8 Å². The summed E-state index contributed by atoms with van der Waals surface area (Å²) in [6.07, 6.45) is 0.560. The molecule has 3 heterocycles. The van der Waals surface area contributed by atoms with Gasteiger partial charge in [0.05, 0.1) is 16.2 Å². The summed E-state index contributed by atoms with van der Waals surface area (Å²) in [5, 5.41) is 12.8. The van der Waals surface area contributed by atoms with Crippen molar-refractivity contribution in [2.75, 3.05) is 46.1 Å². The van der Waals surface area contributed by atoms with E-state index in [1.54, 1.807) is 36.5 Å². The number of carbonyl (C=O) groups excluding carboxylic acids is 1. The fraction of sp³-hybridized carbons (Fsp3) is 0.486. The van der Waals surface area contributed by atoms with Crippen LogP contribution in [0, 0.1) is 5.92 Å². The van der Waals surface area contributed by atoms with Gasteiger partial charge in [0, 0.05) is 70.9 Å². The summed E-state index contributed by atoms with van der Waals surface area (Å²) >= 11 is 0. The lowest BCUT2D eigenvalue weighted by Gasteiger charge is -2.48. The number of aliphatic hydroxyl groups is 1. The highest BCUT2D eigenvalue weighted by molar-refractivity contribution is 7.90. The molecule has 50 heavy (non-hydrogen) atoms. The van der Waals surface area contributed by atoms with Gasteiger partial charge in [0.1, 0.15) is 4.75 Å². The number of fused-ring (bicyclic) bond motifs is 1. The fourth-order valence-electron chi connectivity index (χ4n) is 6.65. The minimum Gasteiger partial charge on any atom is -0.454 e. The Morgan fingerprint density at radius 2 is 1.66 bits per heavy atom. The van der Waals surface area contributed by atoms with E-state index in [2.05, 4.69) is 9.88 Å². The molecule has 272 valence electrons. The molecule has 15 heteroatoms. The number of nitrogens with two attached hydrogens (primary N) is 1. The number of carbonyl (C=O) groups is 1. The second-order valence-corrected chi connectivity index (χ2v) is 17.9. The number of aromatic nitrogens is 1. The normalized spacial score (nSPS) is 18.2. The number of ether oxygens (including phenoxy) is 2. The zero-order valence-electron chi connectivity index (χ0n) is 28.8. The van der Waals surface area contributed by atoms with Crippen LogP contribution in [0.2, 0.25) is 0 Å². The summed E-state index contributed by atoms with van der Waals surface area (Å²) in [6, 6.07) is 18.9. The second kappa shape index (κ2) is 15.3. The summed E-state index contributed by atoms with van der Waals surface area (Å²) < 4.78 is 69.0. The molecule has 1 saturated heterocycles. The summed E-state index contributed by atoms with van der Waals surface area (Å²) in [4.78, 5) is 19.2. The van der Waals surface area contributed by atoms with Crippen LogP contribution in [-0.4, -0.2) is 103 Å². The van der Waals surface area contributed by atoms with Crippen molar-refractivity contribution in [3.8, 4) is 11.5 Å². The molecule has 0 spiro atoms. The van der Waals surface area contributed by atoms with Gasteiger partial charge in [-0.15, -0.1) is 0 Å². The van der Waals surface area contributed by atoms with E-state index in [0.717, 1.165) is 5.69 Å². The van der Waals surface area contributed by atoms with Gasteiger partial charge >= 0.3 is 0 Å². The van der Waals surface area contributed by atoms with Crippen molar-refractivity contribution in [1.82, 2.24) is 18.5 Å². The van der Waals surface area contributed by atoms with Crippen LogP contribution >= 0.6 is 0 Å². The molecule has 3 aromatic rings. The van der Waals surface area contributed by atoms with Gasteiger partial charge in [0.2, 0.25) is 32.7 Å². The predicted octanol–water partition coefficient (Wildman–Crippen LogP) is 2.60. The summed E-state index contributed by atoms with van der Waals surface area (Å²) in [5.41, 5.74) is 5.09. The number of rotatable bonds is 16. The molecule has 2 aliphatic rings. The average molecular weight is 730 g/mol. The van der Waals surface area contributed by atoms with Gasteiger partial charge in [-0.05, 0) is 49.1 Å².